The maximum absolute atomic E-state index is 13.2. The molecule has 0 amide bonds. The van der Waals surface area contributed by atoms with Crippen LogP contribution in [0.4, 0.5) is 19.0 Å². The van der Waals surface area contributed by atoms with Gasteiger partial charge in [0.2, 0.25) is 0 Å². The van der Waals surface area contributed by atoms with Gasteiger partial charge in [0.25, 0.3) is 0 Å². The van der Waals surface area contributed by atoms with Crippen LogP contribution in [0.1, 0.15) is 16.8 Å². The van der Waals surface area contributed by atoms with Gasteiger partial charge in [0.1, 0.15) is 5.82 Å². The Bertz CT molecular complexity index is 1030. The number of rotatable bonds is 4. The number of aryl methyl sites for hydroxylation is 1. The van der Waals surface area contributed by atoms with Gasteiger partial charge in [0, 0.05) is 62.8 Å². The van der Waals surface area contributed by atoms with E-state index in [1.807, 2.05) is 24.0 Å². The minimum absolute atomic E-state index is 0. The zero-order valence-corrected chi connectivity index (χ0v) is 18.2. The van der Waals surface area contributed by atoms with Crippen molar-refractivity contribution in [2.45, 2.75) is 19.6 Å². The molecule has 0 bridgehead atoms. The smallest absolute Gasteiger partial charge is 0.354 e. The third kappa shape index (κ3) is 5.02. The van der Waals surface area contributed by atoms with E-state index in [2.05, 4.69) is 26.8 Å². The van der Waals surface area contributed by atoms with Gasteiger partial charge in [-0.05, 0) is 36.8 Å². The molecular formula is C22H25ClF3N5. The molecule has 166 valence electrons. The van der Waals surface area contributed by atoms with Crippen LogP contribution in [0.5, 0.6) is 0 Å². The second kappa shape index (κ2) is 9.28. The number of alkyl halides is 3. The normalized spacial score (nSPS) is 15.1. The number of nitrogens with zero attached hydrogens (tertiary/aromatic N) is 5. The van der Waals surface area contributed by atoms with Crippen LogP contribution in [0.15, 0.2) is 48.8 Å². The van der Waals surface area contributed by atoms with Gasteiger partial charge in [-0.15, -0.1) is 12.4 Å². The Hall–Kier alpha value is -2.58. The molecule has 1 aromatic carbocycles. The van der Waals surface area contributed by atoms with Crippen molar-refractivity contribution in [3.05, 3.63) is 65.6 Å². The van der Waals surface area contributed by atoms with Gasteiger partial charge >= 0.3 is 6.18 Å². The molecule has 0 atom stereocenters. The summed E-state index contributed by atoms with van der Waals surface area (Å²) in [6.45, 7) is 6.15. The molecule has 0 radical (unpaired) electrons. The summed E-state index contributed by atoms with van der Waals surface area (Å²) in [4.78, 5) is 9.03. The SMILES string of the molecule is Cc1c(CN2CCN(c3ncccc3-c3cccc(C(F)(F)F)c3)CC2)cnn1C.Cl. The Kier molecular flexibility index (Phi) is 6.91. The summed E-state index contributed by atoms with van der Waals surface area (Å²) in [6, 6.07) is 9.05. The first-order valence-corrected chi connectivity index (χ1v) is 9.90. The molecule has 4 rings (SSSR count). The average Bonchev–Trinajstić information content (AvgIpc) is 3.06. The Balaban J connectivity index is 0.00000272. The van der Waals surface area contributed by atoms with Crippen LogP contribution in [0.3, 0.4) is 0 Å². The number of anilines is 1. The predicted octanol–water partition coefficient (Wildman–Crippen LogP) is 4.55. The third-order valence-corrected chi connectivity index (χ3v) is 5.69. The minimum atomic E-state index is -4.37. The number of pyridine rings is 1. The number of hydrogen-bond donors (Lipinski definition) is 0. The molecular weight excluding hydrogens is 427 g/mol. The number of hydrogen-bond acceptors (Lipinski definition) is 4. The number of aromatic nitrogens is 3. The van der Waals surface area contributed by atoms with Gasteiger partial charge in [0.15, 0.2) is 0 Å². The quantitative estimate of drug-likeness (QED) is 0.583. The highest BCUT2D eigenvalue weighted by Crippen LogP contribution is 2.35. The second-order valence-corrected chi connectivity index (χ2v) is 7.60. The lowest BCUT2D eigenvalue weighted by molar-refractivity contribution is -0.137. The third-order valence-electron chi connectivity index (χ3n) is 5.69. The fourth-order valence-corrected chi connectivity index (χ4v) is 3.80. The van der Waals surface area contributed by atoms with E-state index in [1.54, 1.807) is 18.3 Å². The molecule has 3 aromatic rings. The van der Waals surface area contributed by atoms with E-state index < -0.39 is 11.7 Å². The molecule has 0 N–H and O–H groups in total. The molecule has 0 saturated carbocycles. The van der Waals surface area contributed by atoms with Crippen molar-refractivity contribution in [1.29, 1.82) is 0 Å². The van der Waals surface area contributed by atoms with Crippen molar-refractivity contribution < 1.29 is 13.2 Å². The van der Waals surface area contributed by atoms with E-state index in [0.717, 1.165) is 55.9 Å². The molecule has 0 aliphatic carbocycles. The lowest BCUT2D eigenvalue weighted by Crippen LogP contribution is -2.46. The summed E-state index contributed by atoms with van der Waals surface area (Å²) in [6.07, 6.45) is -0.765. The molecule has 5 nitrogen and oxygen atoms in total. The highest BCUT2D eigenvalue weighted by atomic mass is 35.5. The van der Waals surface area contributed by atoms with Gasteiger partial charge in [0.05, 0.1) is 11.8 Å². The summed E-state index contributed by atoms with van der Waals surface area (Å²) in [5.41, 5.74) is 2.98. The van der Waals surface area contributed by atoms with Crippen LogP contribution >= 0.6 is 12.4 Å². The van der Waals surface area contributed by atoms with Crippen molar-refractivity contribution in [2.75, 3.05) is 31.1 Å². The van der Waals surface area contributed by atoms with Crippen LogP contribution in [0.25, 0.3) is 11.1 Å². The fraction of sp³-hybridized carbons (Fsp3) is 0.364. The molecule has 0 spiro atoms. The Morgan fingerprint density at radius 3 is 2.42 bits per heavy atom. The van der Waals surface area contributed by atoms with Crippen LogP contribution in [0.2, 0.25) is 0 Å². The van der Waals surface area contributed by atoms with E-state index in [4.69, 9.17) is 0 Å². The van der Waals surface area contributed by atoms with E-state index in [1.165, 1.54) is 17.7 Å². The molecule has 9 heteroatoms. The number of piperazine rings is 1. The second-order valence-electron chi connectivity index (χ2n) is 7.60. The summed E-state index contributed by atoms with van der Waals surface area (Å²) >= 11 is 0. The van der Waals surface area contributed by atoms with E-state index in [-0.39, 0.29) is 12.4 Å². The lowest BCUT2D eigenvalue weighted by atomic mass is 10.0. The molecule has 1 aliphatic heterocycles. The van der Waals surface area contributed by atoms with Gasteiger partial charge in [-0.1, -0.05) is 12.1 Å². The fourth-order valence-electron chi connectivity index (χ4n) is 3.80. The first-order valence-electron chi connectivity index (χ1n) is 9.90. The monoisotopic (exact) mass is 451 g/mol. The lowest BCUT2D eigenvalue weighted by Gasteiger charge is -2.36. The molecule has 2 aromatic heterocycles. The van der Waals surface area contributed by atoms with E-state index in [0.29, 0.717) is 5.56 Å². The standard InChI is InChI=1S/C22H24F3N5.ClH/c1-16-18(14-27-28(16)2)15-29-9-11-30(12-10-29)21-20(7-4-8-26-21)17-5-3-6-19(13-17)22(23,24)25;/h3-8,13-14H,9-12,15H2,1-2H3;1H. The summed E-state index contributed by atoms with van der Waals surface area (Å²) in [5.74, 6) is 0.731. The molecule has 31 heavy (non-hydrogen) atoms. The Labute approximate surface area is 185 Å². The van der Waals surface area contributed by atoms with Crippen LogP contribution in [-0.4, -0.2) is 45.8 Å². The molecule has 1 aliphatic rings. The largest absolute Gasteiger partial charge is 0.416 e. The average molecular weight is 452 g/mol. The van der Waals surface area contributed by atoms with Gasteiger partial charge in [-0.2, -0.15) is 18.3 Å². The van der Waals surface area contributed by atoms with Crippen molar-refractivity contribution in [3.63, 3.8) is 0 Å². The highest BCUT2D eigenvalue weighted by Gasteiger charge is 2.31. The van der Waals surface area contributed by atoms with Crippen molar-refractivity contribution in [2.24, 2.45) is 7.05 Å². The van der Waals surface area contributed by atoms with Gasteiger partial charge in [-0.3, -0.25) is 9.58 Å². The summed E-state index contributed by atoms with van der Waals surface area (Å²) in [5, 5.41) is 4.30. The van der Waals surface area contributed by atoms with E-state index >= 15 is 0 Å². The summed E-state index contributed by atoms with van der Waals surface area (Å²) < 4.78 is 41.3. The van der Waals surface area contributed by atoms with Crippen LogP contribution in [-0.2, 0) is 19.8 Å². The number of halogens is 4. The van der Waals surface area contributed by atoms with E-state index in [9.17, 15) is 13.2 Å². The van der Waals surface area contributed by atoms with Crippen molar-refractivity contribution >= 4 is 18.2 Å². The van der Waals surface area contributed by atoms with Crippen molar-refractivity contribution in [1.82, 2.24) is 19.7 Å². The first-order chi connectivity index (χ1) is 14.3. The maximum atomic E-state index is 13.2. The van der Waals surface area contributed by atoms with Crippen LogP contribution < -0.4 is 4.90 Å². The van der Waals surface area contributed by atoms with Gasteiger partial charge in [-0.25, -0.2) is 4.98 Å². The Morgan fingerprint density at radius 1 is 1.03 bits per heavy atom. The highest BCUT2D eigenvalue weighted by molar-refractivity contribution is 5.85. The maximum Gasteiger partial charge on any atom is 0.416 e. The molecule has 3 heterocycles. The zero-order chi connectivity index (χ0) is 21.3. The topological polar surface area (TPSA) is 37.2 Å². The van der Waals surface area contributed by atoms with Crippen LogP contribution in [0, 0.1) is 6.92 Å². The Morgan fingerprint density at radius 2 is 1.77 bits per heavy atom. The first kappa shape index (κ1) is 23.1. The predicted molar refractivity (Wildman–Crippen MR) is 117 cm³/mol. The zero-order valence-electron chi connectivity index (χ0n) is 17.4. The number of benzene rings is 1. The van der Waals surface area contributed by atoms with Crippen molar-refractivity contribution in [3.8, 4) is 11.1 Å². The minimum Gasteiger partial charge on any atom is -0.354 e. The molecule has 1 saturated heterocycles. The molecule has 0 unspecified atom stereocenters. The van der Waals surface area contributed by atoms with Gasteiger partial charge < -0.3 is 4.90 Å². The summed E-state index contributed by atoms with van der Waals surface area (Å²) in [7, 11) is 1.94. The molecule has 1 fully saturated rings.